The van der Waals surface area contributed by atoms with E-state index in [0.29, 0.717) is 17.2 Å². The molecular weight excluding hydrogens is 227 g/mol. The van der Waals surface area contributed by atoms with Crippen LogP contribution in [0.3, 0.4) is 0 Å². The molecule has 1 aliphatic rings. The summed E-state index contributed by atoms with van der Waals surface area (Å²) >= 11 is 10.9. The van der Waals surface area contributed by atoms with Crippen LogP contribution in [0.5, 0.6) is 17.2 Å². The maximum absolute atomic E-state index is 5.59. The maximum atomic E-state index is 5.59. The van der Waals surface area contributed by atoms with E-state index in [0.717, 1.165) is 5.54 Å². The monoisotopic (exact) mass is 232 g/mol. The van der Waals surface area contributed by atoms with Crippen molar-refractivity contribution in [1.29, 1.82) is 0 Å². The molecule has 0 fully saturated rings. The highest BCUT2D eigenvalue weighted by atomic mass is 35.5. The summed E-state index contributed by atoms with van der Waals surface area (Å²) in [4.78, 5) is 0. The van der Waals surface area contributed by atoms with E-state index >= 15 is 0 Å². The third-order valence-electron chi connectivity index (χ3n) is 1.65. The van der Waals surface area contributed by atoms with Crippen molar-refractivity contribution in [3.8, 4) is 17.2 Å². The first-order chi connectivity index (χ1) is 6.79. The Morgan fingerprint density at radius 2 is 2.14 bits per heavy atom. The van der Waals surface area contributed by atoms with Crippen LogP contribution in [0.4, 0.5) is 0 Å². The van der Waals surface area contributed by atoms with Gasteiger partial charge in [0.25, 0.3) is 0 Å². The number of ether oxygens (including phenoxy) is 3. The van der Waals surface area contributed by atoms with E-state index in [1.165, 1.54) is 0 Å². The summed E-state index contributed by atoms with van der Waals surface area (Å²) in [5.41, 5.74) is 1.14. The molecule has 0 aromatic heterocycles. The van der Waals surface area contributed by atoms with Crippen LogP contribution in [-0.2, 0) is 0 Å². The zero-order valence-corrected chi connectivity index (χ0v) is 8.51. The molecule has 0 unspecified atom stereocenters. The molecule has 14 heavy (non-hydrogen) atoms. The summed E-state index contributed by atoms with van der Waals surface area (Å²) in [6.07, 6.45) is 0. The van der Waals surface area contributed by atoms with E-state index in [1.54, 1.807) is 18.2 Å². The first kappa shape index (κ1) is 9.49. The summed E-state index contributed by atoms with van der Waals surface area (Å²) in [5, 5.41) is 0.102. The second-order valence-electron chi connectivity index (χ2n) is 2.53. The van der Waals surface area contributed by atoms with Crippen molar-refractivity contribution in [3.05, 3.63) is 29.0 Å². The second-order valence-corrected chi connectivity index (χ2v) is 3.12. The van der Waals surface area contributed by atoms with Crippen molar-refractivity contribution >= 4 is 23.2 Å². The van der Waals surface area contributed by atoms with E-state index in [1.807, 2.05) is 0 Å². The van der Waals surface area contributed by atoms with Crippen LogP contribution in [-0.4, -0.2) is 6.79 Å². The lowest BCUT2D eigenvalue weighted by atomic mass is 10.3. The minimum absolute atomic E-state index is 0.102. The van der Waals surface area contributed by atoms with Crippen molar-refractivity contribution in [2.75, 3.05) is 6.79 Å². The quantitative estimate of drug-likeness (QED) is 0.734. The van der Waals surface area contributed by atoms with Gasteiger partial charge in [-0.3, -0.25) is 0 Å². The van der Waals surface area contributed by atoms with Gasteiger partial charge in [-0.05, 0) is 23.7 Å². The molecule has 0 bridgehead atoms. The SMILES string of the molecule is ClC=C(Cl)Oc1ccc2c(c1)OCO2. The second kappa shape index (κ2) is 3.98. The lowest BCUT2D eigenvalue weighted by molar-refractivity contribution is 0.174. The predicted octanol–water partition coefficient (Wildman–Crippen LogP) is 3.07. The molecule has 0 radical (unpaired) electrons. The average molecular weight is 233 g/mol. The zero-order valence-electron chi connectivity index (χ0n) is 7.00. The fourth-order valence-corrected chi connectivity index (χ4v) is 1.21. The van der Waals surface area contributed by atoms with Gasteiger partial charge in [-0.1, -0.05) is 11.6 Å². The predicted molar refractivity (Wildman–Crippen MR) is 53.0 cm³/mol. The molecule has 74 valence electrons. The molecule has 1 aromatic rings. The number of hydrogen-bond acceptors (Lipinski definition) is 3. The van der Waals surface area contributed by atoms with E-state index in [-0.39, 0.29) is 12.0 Å². The third-order valence-corrected chi connectivity index (χ3v) is 2.14. The van der Waals surface area contributed by atoms with Crippen molar-refractivity contribution < 1.29 is 14.2 Å². The van der Waals surface area contributed by atoms with Gasteiger partial charge in [0.2, 0.25) is 12.0 Å². The number of halogens is 2. The molecule has 3 nitrogen and oxygen atoms in total. The molecule has 0 spiro atoms. The smallest absolute Gasteiger partial charge is 0.231 e. The number of hydrogen-bond donors (Lipinski definition) is 0. The van der Waals surface area contributed by atoms with Crippen molar-refractivity contribution in [2.45, 2.75) is 0 Å². The Balaban J connectivity index is 2.21. The lowest BCUT2D eigenvalue weighted by Gasteiger charge is -2.03. The van der Waals surface area contributed by atoms with Crippen LogP contribution < -0.4 is 14.2 Å². The van der Waals surface area contributed by atoms with Gasteiger partial charge in [-0.25, -0.2) is 0 Å². The molecular formula is C9H6Cl2O3. The van der Waals surface area contributed by atoms with Gasteiger partial charge >= 0.3 is 0 Å². The van der Waals surface area contributed by atoms with Crippen LogP contribution in [0.15, 0.2) is 29.0 Å². The lowest BCUT2D eigenvalue weighted by Crippen LogP contribution is -1.92. The van der Waals surface area contributed by atoms with Gasteiger partial charge in [-0.15, -0.1) is 0 Å². The Hall–Kier alpha value is -1.06. The average Bonchev–Trinajstić information content (AvgIpc) is 2.64. The molecule has 1 heterocycles. The Labute approximate surface area is 90.8 Å². The topological polar surface area (TPSA) is 27.7 Å². The molecule has 0 saturated carbocycles. The molecule has 0 saturated heterocycles. The van der Waals surface area contributed by atoms with Crippen LogP contribution >= 0.6 is 23.2 Å². The standard InChI is InChI=1S/C9H6Cl2O3/c10-4-9(11)14-6-1-2-7-8(3-6)13-5-12-7/h1-4H,5H2. The van der Waals surface area contributed by atoms with E-state index in [9.17, 15) is 0 Å². The summed E-state index contributed by atoms with van der Waals surface area (Å²) < 4.78 is 15.4. The Morgan fingerprint density at radius 1 is 1.36 bits per heavy atom. The van der Waals surface area contributed by atoms with Crippen molar-refractivity contribution in [1.82, 2.24) is 0 Å². The van der Waals surface area contributed by atoms with Crippen LogP contribution in [0.2, 0.25) is 0 Å². The summed E-state index contributed by atoms with van der Waals surface area (Å²) in [7, 11) is 0. The molecule has 1 aromatic carbocycles. The van der Waals surface area contributed by atoms with Gasteiger partial charge < -0.3 is 14.2 Å². The van der Waals surface area contributed by atoms with Gasteiger partial charge in [0.1, 0.15) is 5.75 Å². The maximum Gasteiger partial charge on any atom is 0.231 e. The molecule has 0 atom stereocenters. The molecule has 0 amide bonds. The normalized spacial score (nSPS) is 14.3. The van der Waals surface area contributed by atoms with E-state index in [4.69, 9.17) is 37.4 Å². The molecule has 0 aliphatic carbocycles. The van der Waals surface area contributed by atoms with Crippen LogP contribution in [0.25, 0.3) is 0 Å². The summed E-state index contributed by atoms with van der Waals surface area (Å²) in [6.45, 7) is 0.234. The highest BCUT2D eigenvalue weighted by molar-refractivity contribution is 6.35. The number of benzene rings is 1. The first-order valence-electron chi connectivity index (χ1n) is 3.83. The Morgan fingerprint density at radius 3 is 2.93 bits per heavy atom. The van der Waals surface area contributed by atoms with E-state index < -0.39 is 0 Å². The minimum Gasteiger partial charge on any atom is -0.454 e. The fraction of sp³-hybridized carbons (Fsp3) is 0.111. The minimum atomic E-state index is 0.102. The number of fused-ring (bicyclic) bond motifs is 1. The van der Waals surface area contributed by atoms with Gasteiger partial charge in [0, 0.05) is 6.07 Å². The summed E-state index contributed by atoms with van der Waals surface area (Å²) in [6, 6.07) is 5.15. The molecule has 2 rings (SSSR count). The fourth-order valence-electron chi connectivity index (χ4n) is 1.08. The largest absolute Gasteiger partial charge is 0.454 e. The third kappa shape index (κ3) is 1.89. The zero-order chi connectivity index (χ0) is 9.97. The molecule has 0 N–H and O–H groups in total. The highest BCUT2D eigenvalue weighted by Gasteiger charge is 2.13. The van der Waals surface area contributed by atoms with Gasteiger partial charge in [0.05, 0.1) is 5.54 Å². The van der Waals surface area contributed by atoms with E-state index in [2.05, 4.69) is 0 Å². The summed E-state index contributed by atoms with van der Waals surface area (Å²) in [5.74, 6) is 1.89. The Bertz CT molecular complexity index is 376. The number of rotatable bonds is 2. The van der Waals surface area contributed by atoms with Gasteiger partial charge in [-0.2, -0.15) is 0 Å². The van der Waals surface area contributed by atoms with Crippen LogP contribution in [0, 0.1) is 0 Å². The highest BCUT2D eigenvalue weighted by Crippen LogP contribution is 2.35. The van der Waals surface area contributed by atoms with Crippen LogP contribution in [0.1, 0.15) is 0 Å². The molecule has 1 aliphatic heterocycles. The molecule has 5 heteroatoms. The van der Waals surface area contributed by atoms with Crippen molar-refractivity contribution in [3.63, 3.8) is 0 Å². The van der Waals surface area contributed by atoms with Gasteiger partial charge in [0.15, 0.2) is 11.5 Å². The first-order valence-corrected chi connectivity index (χ1v) is 4.64. The Kier molecular flexibility index (Phi) is 2.70. The van der Waals surface area contributed by atoms with Crippen molar-refractivity contribution in [2.24, 2.45) is 0 Å².